The Hall–Kier alpha value is -2.69. The number of aromatic nitrogens is 2. The van der Waals surface area contributed by atoms with E-state index in [-0.39, 0.29) is 17.2 Å². The monoisotopic (exact) mass is 487 g/mol. The number of aryl methyl sites for hydroxylation is 2. The number of carbonyl (C=O) groups is 2. The number of ether oxygens (including phenoxy) is 2. The smallest absolute Gasteiger partial charge is 0.337 e. The van der Waals surface area contributed by atoms with Gasteiger partial charge in [-0.25, -0.2) is 9.78 Å². The summed E-state index contributed by atoms with van der Waals surface area (Å²) in [6.45, 7) is 0.744. The van der Waals surface area contributed by atoms with Gasteiger partial charge in [0.25, 0.3) is 5.56 Å². The quantitative estimate of drug-likeness (QED) is 0.295. The van der Waals surface area contributed by atoms with Gasteiger partial charge in [-0.05, 0) is 49.4 Å². The van der Waals surface area contributed by atoms with Gasteiger partial charge in [-0.15, -0.1) is 11.3 Å². The molecular formula is C23H25N3O5S2. The van der Waals surface area contributed by atoms with Crippen molar-refractivity contribution in [1.29, 1.82) is 0 Å². The van der Waals surface area contributed by atoms with Gasteiger partial charge < -0.3 is 14.8 Å². The molecule has 1 amide bonds. The minimum atomic E-state index is -0.473. The summed E-state index contributed by atoms with van der Waals surface area (Å²) in [6.07, 6.45) is 4.13. The van der Waals surface area contributed by atoms with E-state index in [1.54, 1.807) is 47.3 Å². The fraction of sp³-hybridized carbons (Fsp3) is 0.391. The molecule has 0 atom stereocenters. The lowest BCUT2D eigenvalue weighted by atomic mass is 9.97. The number of hydrogen-bond acceptors (Lipinski definition) is 8. The average molecular weight is 488 g/mol. The van der Waals surface area contributed by atoms with E-state index in [4.69, 9.17) is 14.5 Å². The van der Waals surface area contributed by atoms with E-state index in [0.717, 1.165) is 41.5 Å². The molecule has 0 bridgehead atoms. The predicted molar refractivity (Wildman–Crippen MR) is 130 cm³/mol. The summed E-state index contributed by atoms with van der Waals surface area (Å²) in [4.78, 5) is 44.4. The molecule has 33 heavy (non-hydrogen) atoms. The van der Waals surface area contributed by atoms with E-state index >= 15 is 0 Å². The molecule has 0 aliphatic heterocycles. The highest BCUT2D eigenvalue weighted by molar-refractivity contribution is 7.99. The maximum atomic E-state index is 13.4. The number of thiophene rings is 1. The van der Waals surface area contributed by atoms with Crippen molar-refractivity contribution >= 4 is 50.9 Å². The maximum Gasteiger partial charge on any atom is 0.337 e. The number of methoxy groups -OCH3 is 2. The lowest BCUT2D eigenvalue weighted by Gasteiger charge is -2.13. The number of esters is 1. The van der Waals surface area contributed by atoms with Crippen LogP contribution in [0.1, 0.15) is 33.6 Å². The summed E-state index contributed by atoms with van der Waals surface area (Å²) >= 11 is 2.80. The van der Waals surface area contributed by atoms with Crippen LogP contribution in [0.15, 0.2) is 34.2 Å². The molecule has 0 spiro atoms. The third-order valence-corrected chi connectivity index (χ3v) is 7.62. The van der Waals surface area contributed by atoms with Crippen LogP contribution in [-0.4, -0.2) is 48.0 Å². The average Bonchev–Trinajstić information content (AvgIpc) is 3.20. The molecule has 0 saturated heterocycles. The van der Waals surface area contributed by atoms with Crippen LogP contribution < -0.4 is 10.9 Å². The molecule has 8 nitrogen and oxygen atoms in total. The second-order valence-corrected chi connectivity index (χ2v) is 9.67. The number of benzene rings is 1. The van der Waals surface area contributed by atoms with Crippen molar-refractivity contribution in [2.24, 2.45) is 0 Å². The molecule has 2 aromatic heterocycles. The van der Waals surface area contributed by atoms with Crippen molar-refractivity contribution in [2.45, 2.75) is 37.4 Å². The van der Waals surface area contributed by atoms with Crippen LogP contribution in [0.25, 0.3) is 10.2 Å². The van der Waals surface area contributed by atoms with Crippen LogP contribution in [0.2, 0.25) is 0 Å². The first-order chi connectivity index (χ1) is 16.0. The Morgan fingerprint density at radius 1 is 1.24 bits per heavy atom. The second-order valence-electron chi connectivity index (χ2n) is 7.64. The molecule has 174 valence electrons. The van der Waals surface area contributed by atoms with E-state index in [0.29, 0.717) is 29.6 Å². The molecule has 1 aromatic carbocycles. The van der Waals surface area contributed by atoms with Crippen LogP contribution >= 0.6 is 23.1 Å². The Balaban J connectivity index is 1.55. The first kappa shape index (κ1) is 23.5. The first-order valence-electron chi connectivity index (χ1n) is 10.7. The van der Waals surface area contributed by atoms with E-state index < -0.39 is 5.97 Å². The lowest BCUT2D eigenvalue weighted by Crippen LogP contribution is -2.26. The van der Waals surface area contributed by atoms with Gasteiger partial charge in [0.2, 0.25) is 5.91 Å². The van der Waals surface area contributed by atoms with E-state index in [1.807, 2.05) is 0 Å². The highest BCUT2D eigenvalue weighted by Crippen LogP contribution is 2.34. The molecule has 2 heterocycles. The summed E-state index contributed by atoms with van der Waals surface area (Å²) in [5, 5.41) is 4.00. The van der Waals surface area contributed by atoms with Gasteiger partial charge in [0.15, 0.2) is 5.16 Å². The van der Waals surface area contributed by atoms with E-state index in [1.165, 1.54) is 23.7 Å². The van der Waals surface area contributed by atoms with Crippen LogP contribution in [0, 0.1) is 0 Å². The van der Waals surface area contributed by atoms with Crippen LogP contribution in [-0.2, 0) is 33.7 Å². The third-order valence-electron chi connectivity index (χ3n) is 5.46. The number of anilines is 1. The Kier molecular flexibility index (Phi) is 7.46. The molecule has 0 radical (unpaired) electrons. The largest absolute Gasteiger partial charge is 0.465 e. The van der Waals surface area contributed by atoms with Gasteiger partial charge in [-0.2, -0.15) is 0 Å². The highest BCUT2D eigenvalue weighted by atomic mass is 32.2. The van der Waals surface area contributed by atoms with Gasteiger partial charge in [-0.3, -0.25) is 14.2 Å². The topological polar surface area (TPSA) is 99.5 Å². The van der Waals surface area contributed by atoms with Gasteiger partial charge in [0.1, 0.15) is 4.83 Å². The van der Waals surface area contributed by atoms with E-state index in [9.17, 15) is 14.4 Å². The number of thioether (sulfide) groups is 1. The lowest BCUT2D eigenvalue weighted by molar-refractivity contribution is -0.113. The number of amides is 1. The Morgan fingerprint density at radius 3 is 2.85 bits per heavy atom. The van der Waals surface area contributed by atoms with Gasteiger partial charge in [0.05, 0.1) is 37.0 Å². The number of rotatable bonds is 8. The number of hydrogen-bond donors (Lipinski definition) is 1. The van der Waals surface area contributed by atoms with Crippen molar-refractivity contribution in [3.05, 3.63) is 50.6 Å². The summed E-state index contributed by atoms with van der Waals surface area (Å²) < 4.78 is 11.5. The molecule has 1 aliphatic rings. The SMILES string of the molecule is COCCn1c(SCC(=O)Nc2cccc(C(=O)OC)c2)nc2sc3c(c2c1=O)CCCC3. The number of nitrogens with zero attached hydrogens (tertiary/aromatic N) is 2. The number of carbonyl (C=O) groups excluding carboxylic acids is 2. The Morgan fingerprint density at radius 2 is 2.06 bits per heavy atom. The third kappa shape index (κ3) is 5.13. The zero-order chi connectivity index (χ0) is 23.4. The fourth-order valence-electron chi connectivity index (χ4n) is 3.88. The molecule has 4 rings (SSSR count). The zero-order valence-corrected chi connectivity index (χ0v) is 20.1. The number of nitrogens with one attached hydrogen (secondary N) is 1. The van der Waals surface area contributed by atoms with Crippen molar-refractivity contribution in [2.75, 3.05) is 31.9 Å². The standard InChI is InChI=1S/C23H25N3O5S2/c1-30-11-10-26-21(28)19-16-8-3-4-9-17(16)33-20(19)25-23(26)32-13-18(27)24-15-7-5-6-14(12-15)22(29)31-2/h5-7,12H,3-4,8-11,13H2,1-2H3,(H,24,27). The van der Waals surface area contributed by atoms with Gasteiger partial charge in [0, 0.05) is 17.7 Å². The molecule has 0 unspecified atom stereocenters. The first-order valence-corrected chi connectivity index (χ1v) is 12.5. The van der Waals surface area contributed by atoms with E-state index in [2.05, 4.69) is 5.32 Å². The molecule has 1 N–H and O–H groups in total. The van der Waals surface area contributed by atoms with Crippen molar-refractivity contribution < 1.29 is 19.1 Å². The minimum Gasteiger partial charge on any atom is -0.465 e. The van der Waals surface area contributed by atoms with Gasteiger partial charge >= 0.3 is 5.97 Å². The number of fused-ring (bicyclic) bond motifs is 3. The highest BCUT2D eigenvalue weighted by Gasteiger charge is 2.22. The predicted octanol–water partition coefficient (Wildman–Crippen LogP) is 3.50. The Labute approximate surface area is 199 Å². The molecule has 0 fully saturated rings. The maximum absolute atomic E-state index is 13.4. The van der Waals surface area contributed by atoms with Crippen LogP contribution in [0.3, 0.4) is 0 Å². The summed E-state index contributed by atoms with van der Waals surface area (Å²) in [5.41, 5.74) is 1.93. The minimum absolute atomic E-state index is 0.0647. The van der Waals surface area contributed by atoms with Crippen molar-refractivity contribution in [3.8, 4) is 0 Å². The zero-order valence-electron chi connectivity index (χ0n) is 18.5. The molecular weight excluding hydrogens is 462 g/mol. The van der Waals surface area contributed by atoms with Crippen molar-refractivity contribution in [1.82, 2.24) is 9.55 Å². The molecule has 3 aromatic rings. The van der Waals surface area contributed by atoms with Crippen LogP contribution in [0.4, 0.5) is 5.69 Å². The van der Waals surface area contributed by atoms with Gasteiger partial charge in [-0.1, -0.05) is 17.8 Å². The molecule has 1 aliphatic carbocycles. The Bertz CT molecular complexity index is 1250. The fourth-order valence-corrected chi connectivity index (χ4v) is 6.01. The molecule has 0 saturated carbocycles. The summed E-state index contributed by atoms with van der Waals surface area (Å²) in [7, 11) is 2.90. The van der Waals surface area contributed by atoms with Crippen LogP contribution in [0.5, 0.6) is 0 Å². The normalized spacial score (nSPS) is 13.0. The second kappa shape index (κ2) is 10.5. The summed E-state index contributed by atoms with van der Waals surface area (Å²) in [6, 6.07) is 6.54. The summed E-state index contributed by atoms with van der Waals surface area (Å²) in [5.74, 6) is -0.669. The molecule has 10 heteroatoms. The van der Waals surface area contributed by atoms with Crippen molar-refractivity contribution in [3.63, 3.8) is 0 Å².